The maximum Gasteiger partial charge on any atom is 0.0983 e. The Bertz CT molecular complexity index is 459. The maximum absolute atomic E-state index is 6.24. The van der Waals surface area contributed by atoms with Crippen LogP contribution in [0.25, 0.3) is 0 Å². The Kier molecular flexibility index (Phi) is 4.97. The minimum atomic E-state index is 0.233. The van der Waals surface area contributed by atoms with Crippen molar-refractivity contribution in [3.05, 3.63) is 35.4 Å². The molecule has 2 aliphatic rings. The summed E-state index contributed by atoms with van der Waals surface area (Å²) >= 11 is 0. The van der Waals surface area contributed by atoms with Gasteiger partial charge >= 0.3 is 0 Å². The lowest BCUT2D eigenvalue weighted by atomic mass is 9.71. The molecule has 1 N–H and O–H groups in total. The van der Waals surface area contributed by atoms with Crippen molar-refractivity contribution in [3.8, 4) is 0 Å². The van der Waals surface area contributed by atoms with Crippen molar-refractivity contribution in [2.24, 2.45) is 11.8 Å². The molecule has 2 heteroatoms. The van der Waals surface area contributed by atoms with Crippen molar-refractivity contribution in [1.29, 1.82) is 0 Å². The van der Waals surface area contributed by atoms with Gasteiger partial charge in [0.2, 0.25) is 0 Å². The molecule has 3 rings (SSSR count). The number of rotatable bonds is 4. The Morgan fingerprint density at radius 2 is 2.05 bits per heavy atom. The zero-order valence-corrected chi connectivity index (χ0v) is 13.5. The Morgan fingerprint density at radius 3 is 2.86 bits per heavy atom. The predicted octanol–water partition coefficient (Wildman–Crippen LogP) is 4.10. The van der Waals surface area contributed by atoms with Gasteiger partial charge in [0.15, 0.2) is 0 Å². The van der Waals surface area contributed by atoms with Crippen molar-refractivity contribution in [3.63, 3.8) is 0 Å². The lowest BCUT2D eigenvalue weighted by Gasteiger charge is -2.42. The summed E-state index contributed by atoms with van der Waals surface area (Å²) in [5, 5.41) is 3.62. The van der Waals surface area contributed by atoms with Gasteiger partial charge in [-0.3, -0.25) is 0 Å². The smallest absolute Gasteiger partial charge is 0.0983 e. The highest BCUT2D eigenvalue weighted by atomic mass is 16.5. The number of likely N-dealkylation sites (N-methyl/N-ethyl adjacent to an activating group) is 1. The van der Waals surface area contributed by atoms with Crippen LogP contribution in [-0.2, 0) is 11.2 Å². The minimum absolute atomic E-state index is 0.233. The van der Waals surface area contributed by atoms with E-state index in [1.807, 2.05) is 0 Å². The number of hydrogen-bond donors (Lipinski definition) is 1. The first-order valence-corrected chi connectivity index (χ1v) is 8.71. The summed E-state index contributed by atoms with van der Waals surface area (Å²) < 4.78 is 6.24. The summed E-state index contributed by atoms with van der Waals surface area (Å²) in [6, 6.07) is 9.32. The summed E-state index contributed by atoms with van der Waals surface area (Å²) in [5.41, 5.74) is 2.90. The summed E-state index contributed by atoms with van der Waals surface area (Å²) in [6.45, 7) is 3.22. The van der Waals surface area contributed by atoms with Crippen LogP contribution in [0.4, 0.5) is 0 Å². The van der Waals surface area contributed by atoms with Crippen LogP contribution < -0.4 is 5.32 Å². The molecule has 1 aromatic rings. The molecule has 1 aromatic carbocycles. The van der Waals surface area contributed by atoms with E-state index < -0.39 is 0 Å². The lowest BCUT2D eigenvalue weighted by molar-refractivity contribution is -0.0140. The Labute approximate surface area is 129 Å². The van der Waals surface area contributed by atoms with Gasteiger partial charge in [-0.25, -0.2) is 0 Å². The van der Waals surface area contributed by atoms with Crippen LogP contribution in [0.15, 0.2) is 24.3 Å². The van der Waals surface area contributed by atoms with E-state index in [1.54, 1.807) is 0 Å². The molecule has 0 bridgehead atoms. The second-order valence-electron chi connectivity index (χ2n) is 6.67. The third kappa shape index (κ3) is 3.02. The molecule has 0 saturated heterocycles. The topological polar surface area (TPSA) is 21.3 Å². The van der Waals surface area contributed by atoms with Crippen molar-refractivity contribution in [1.82, 2.24) is 5.32 Å². The largest absolute Gasteiger partial charge is 0.372 e. The van der Waals surface area contributed by atoms with Crippen molar-refractivity contribution in [2.45, 2.75) is 57.6 Å². The molecule has 1 fully saturated rings. The van der Waals surface area contributed by atoms with Crippen LogP contribution in [0, 0.1) is 11.8 Å². The Morgan fingerprint density at radius 1 is 1.24 bits per heavy atom. The van der Waals surface area contributed by atoms with Gasteiger partial charge in [0.1, 0.15) is 0 Å². The van der Waals surface area contributed by atoms with Crippen molar-refractivity contribution < 1.29 is 4.74 Å². The van der Waals surface area contributed by atoms with Gasteiger partial charge in [0.05, 0.1) is 12.7 Å². The van der Waals surface area contributed by atoms with Gasteiger partial charge in [0.25, 0.3) is 0 Å². The molecule has 1 saturated carbocycles. The number of ether oxygens (including phenoxy) is 1. The quantitative estimate of drug-likeness (QED) is 0.900. The molecule has 0 spiro atoms. The number of hydrogen-bond acceptors (Lipinski definition) is 2. The SMILES string of the molecule is CCC1CCCCC1C(NC)C1OCCc2ccccc21. The van der Waals surface area contributed by atoms with E-state index in [1.165, 1.54) is 43.2 Å². The maximum atomic E-state index is 6.24. The number of nitrogens with one attached hydrogen (secondary N) is 1. The molecule has 4 unspecified atom stereocenters. The van der Waals surface area contributed by atoms with Crippen LogP contribution in [0.1, 0.15) is 56.3 Å². The second-order valence-corrected chi connectivity index (χ2v) is 6.67. The number of fused-ring (bicyclic) bond motifs is 1. The highest BCUT2D eigenvalue weighted by molar-refractivity contribution is 5.32. The summed E-state index contributed by atoms with van der Waals surface area (Å²) in [4.78, 5) is 0. The molecule has 1 heterocycles. The average molecular weight is 287 g/mol. The van der Waals surface area contributed by atoms with Crippen molar-refractivity contribution >= 4 is 0 Å². The average Bonchev–Trinajstić information content (AvgIpc) is 2.56. The van der Waals surface area contributed by atoms with Gasteiger partial charge in [-0.15, -0.1) is 0 Å². The van der Waals surface area contributed by atoms with Gasteiger partial charge in [-0.1, -0.05) is 56.9 Å². The van der Waals surface area contributed by atoms with Crippen LogP contribution in [0.2, 0.25) is 0 Å². The zero-order chi connectivity index (χ0) is 14.7. The standard InChI is InChI=1S/C19H29NO/c1-3-14-8-4-6-10-16(14)18(20-2)19-17-11-7-5-9-15(17)12-13-21-19/h5,7,9,11,14,16,18-20H,3-4,6,8,10,12-13H2,1-2H3. The first-order valence-electron chi connectivity index (χ1n) is 8.71. The Hall–Kier alpha value is -0.860. The summed E-state index contributed by atoms with van der Waals surface area (Å²) in [7, 11) is 2.12. The minimum Gasteiger partial charge on any atom is -0.372 e. The zero-order valence-electron chi connectivity index (χ0n) is 13.5. The monoisotopic (exact) mass is 287 g/mol. The second kappa shape index (κ2) is 6.93. The lowest BCUT2D eigenvalue weighted by Crippen LogP contribution is -2.45. The molecule has 21 heavy (non-hydrogen) atoms. The molecule has 1 aliphatic carbocycles. The summed E-state index contributed by atoms with van der Waals surface area (Å²) in [6.07, 6.45) is 8.14. The van der Waals surface area contributed by atoms with E-state index in [4.69, 9.17) is 4.74 Å². The molecule has 4 atom stereocenters. The molecule has 1 aliphatic heterocycles. The van der Waals surface area contributed by atoms with E-state index in [9.17, 15) is 0 Å². The molecule has 0 radical (unpaired) electrons. The number of benzene rings is 1. The fraction of sp³-hybridized carbons (Fsp3) is 0.684. The van der Waals surface area contributed by atoms with Gasteiger partial charge in [-0.2, -0.15) is 0 Å². The molecule has 0 aromatic heterocycles. The van der Waals surface area contributed by atoms with E-state index in [0.29, 0.717) is 6.04 Å². The first-order chi connectivity index (χ1) is 10.3. The third-order valence-electron chi connectivity index (χ3n) is 5.64. The third-order valence-corrected chi connectivity index (χ3v) is 5.64. The van der Waals surface area contributed by atoms with Gasteiger partial charge < -0.3 is 10.1 Å². The van der Waals surface area contributed by atoms with Crippen LogP contribution in [-0.4, -0.2) is 19.7 Å². The van der Waals surface area contributed by atoms with Gasteiger partial charge in [0, 0.05) is 6.04 Å². The molecule has 116 valence electrons. The van der Waals surface area contributed by atoms with E-state index in [-0.39, 0.29) is 6.10 Å². The fourth-order valence-corrected chi connectivity index (χ4v) is 4.53. The molecular weight excluding hydrogens is 258 g/mol. The first kappa shape index (κ1) is 15.1. The van der Waals surface area contributed by atoms with Crippen LogP contribution in [0.3, 0.4) is 0 Å². The molecule has 2 nitrogen and oxygen atoms in total. The van der Waals surface area contributed by atoms with Crippen LogP contribution in [0.5, 0.6) is 0 Å². The normalized spacial score (nSPS) is 30.7. The van der Waals surface area contributed by atoms with Gasteiger partial charge in [-0.05, 0) is 42.9 Å². The van der Waals surface area contributed by atoms with Crippen molar-refractivity contribution in [2.75, 3.05) is 13.7 Å². The highest BCUT2D eigenvalue weighted by Crippen LogP contribution is 2.41. The summed E-state index contributed by atoms with van der Waals surface area (Å²) in [5.74, 6) is 1.61. The predicted molar refractivity (Wildman–Crippen MR) is 87.4 cm³/mol. The van der Waals surface area contributed by atoms with E-state index in [2.05, 4.69) is 43.6 Å². The van der Waals surface area contributed by atoms with E-state index >= 15 is 0 Å². The molecule has 0 amide bonds. The van der Waals surface area contributed by atoms with Crippen LogP contribution >= 0.6 is 0 Å². The van der Waals surface area contributed by atoms with E-state index in [0.717, 1.165) is 24.9 Å². The Balaban J connectivity index is 1.86. The highest BCUT2D eigenvalue weighted by Gasteiger charge is 2.37. The molecular formula is C19H29NO. The fourth-order valence-electron chi connectivity index (χ4n) is 4.53.